The van der Waals surface area contributed by atoms with Crippen molar-refractivity contribution in [3.05, 3.63) is 11.8 Å². The van der Waals surface area contributed by atoms with Gasteiger partial charge in [-0.3, -0.25) is 5.10 Å². The summed E-state index contributed by atoms with van der Waals surface area (Å²) in [5.74, 6) is 0.538. The van der Waals surface area contributed by atoms with Gasteiger partial charge in [-0.05, 0) is 31.7 Å². The fourth-order valence-corrected chi connectivity index (χ4v) is 3.90. The van der Waals surface area contributed by atoms with Gasteiger partial charge in [0, 0.05) is 25.2 Å². The zero-order chi connectivity index (χ0) is 14.6. The van der Waals surface area contributed by atoms with Crippen LogP contribution in [0.3, 0.4) is 0 Å². The van der Waals surface area contributed by atoms with Gasteiger partial charge in [-0.2, -0.15) is 9.40 Å². The van der Waals surface area contributed by atoms with Crippen molar-refractivity contribution in [1.29, 1.82) is 0 Å². The highest BCUT2D eigenvalue weighted by atomic mass is 32.2. The maximum absolute atomic E-state index is 12.8. The van der Waals surface area contributed by atoms with E-state index in [4.69, 9.17) is 0 Å². The molecule has 114 valence electrons. The first-order chi connectivity index (χ1) is 9.59. The molecule has 1 aromatic heterocycles. The molecule has 2 rings (SSSR count). The summed E-state index contributed by atoms with van der Waals surface area (Å²) in [6, 6.07) is 0. The van der Waals surface area contributed by atoms with Gasteiger partial charge in [-0.25, -0.2) is 8.42 Å². The number of aromatic amines is 1. The predicted molar refractivity (Wildman–Crippen MR) is 77.7 cm³/mol. The number of aromatic nitrogens is 2. The SMILES string of the molecule is CCCN(CC1CC1)S(=O)(=O)c1[nH]ncc1CNCC. The molecule has 0 aromatic carbocycles. The fourth-order valence-electron chi connectivity index (χ4n) is 2.18. The first-order valence-electron chi connectivity index (χ1n) is 7.32. The molecule has 6 nitrogen and oxygen atoms in total. The van der Waals surface area contributed by atoms with Crippen molar-refractivity contribution in [1.82, 2.24) is 19.8 Å². The van der Waals surface area contributed by atoms with E-state index in [1.807, 2.05) is 13.8 Å². The van der Waals surface area contributed by atoms with Crippen molar-refractivity contribution in [2.75, 3.05) is 19.6 Å². The molecule has 0 unspecified atom stereocenters. The van der Waals surface area contributed by atoms with E-state index in [1.54, 1.807) is 10.5 Å². The molecule has 0 saturated heterocycles. The van der Waals surface area contributed by atoms with Gasteiger partial charge in [-0.15, -0.1) is 0 Å². The minimum Gasteiger partial charge on any atom is -0.313 e. The Morgan fingerprint density at radius 2 is 2.20 bits per heavy atom. The van der Waals surface area contributed by atoms with Gasteiger partial charge >= 0.3 is 0 Å². The van der Waals surface area contributed by atoms with Crippen LogP contribution < -0.4 is 5.32 Å². The second kappa shape index (κ2) is 6.69. The molecule has 0 bridgehead atoms. The van der Waals surface area contributed by atoms with E-state index in [2.05, 4.69) is 15.5 Å². The Morgan fingerprint density at radius 3 is 2.80 bits per heavy atom. The van der Waals surface area contributed by atoms with Crippen molar-refractivity contribution in [3.8, 4) is 0 Å². The molecule has 20 heavy (non-hydrogen) atoms. The highest BCUT2D eigenvalue weighted by Gasteiger charge is 2.33. The molecule has 2 N–H and O–H groups in total. The van der Waals surface area contributed by atoms with Crippen LogP contribution in [-0.4, -0.2) is 42.6 Å². The van der Waals surface area contributed by atoms with Crippen LogP contribution >= 0.6 is 0 Å². The zero-order valence-corrected chi connectivity index (χ0v) is 13.0. The summed E-state index contributed by atoms with van der Waals surface area (Å²) in [5.41, 5.74) is 0.712. The largest absolute Gasteiger partial charge is 0.313 e. The van der Waals surface area contributed by atoms with Crippen LogP contribution in [0.1, 0.15) is 38.7 Å². The van der Waals surface area contributed by atoms with Crippen molar-refractivity contribution in [2.24, 2.45) is 5.92 Å². The highest BCUT2D eigenvalue weighted by molar-refractivity contribution is 7.89. The lowest BCUT2D eigenvalue weighted by atomic mass is 10.3. The summed E-state index contributed by atoms with van der Waals surface area (Å²) in [5, 5.41) is 9.96. The normalized spacial score (nSPS) is 15.9. The third kappa shape index (κ3) is 3.59. The molecule has 0 amide bonds. The number of sulfonamides is 1. The highest BCUT2D eigenvalue weighted by Crippen LogP contribution is 2.31. The minimum absolute atomic E-state index is 0.243. The number of nitrogens with one attached hydrogen (secondary N) is 2. The quantitative estimate of drug-likeness (QED) is 0.721. The molecular weight excluding hydrogens is 276 g/mol. The monoisotopic (exact) mass is 300 g/mol. The minimum atomic E-state index is -3.46. The van der Waals surface area contributed by atoms with E-state index in [-0.39, 0.29) is 5.03 Å². The lowest BCUT2D eigenvalue weighted by Crippen LogP contribution is -2.34. The van der Waals surface area contributed by atoms with Gasteiger partial charge in [0.05, 0.1) is 6.20 Å². The fraction of sp³-hybridized carbons (Fsp3) is 0.769. The van der Waals surface area contributed by atoms with Gasteiger partial charge in [-0.1, -0.05) is 13.8 Å². The van der Waals surface area contributed by atoms with Gasteiger partial charge in [0.1, 0.15) is 0 Å². The third-order valence-electron chi connectivity index (χ3n) is 3.47. The average molecular weight is 300 g/mol. The number of rotatable bonds is 9. The van der Waals surface area contributed by atoms with Crippen LogP contribution in [0.5, 0.6) is 0 Å². The summed E-state index contributed by atoms with van der Waals surface area (Å²) >= 11 is 0. The van der Waals surface area contributed by atoms with E-state index < -0.39 is 10.0 Å². The van der Waals surface area contributed by atoms with Crippen molar-refractivity contribution < 1.29 is 8.42 Å². The molecule has 0 atom stereocenters. The van der Waals surface area contributed by atoms with Gasteiger partial charge < -0.3 is 5.32 Å². The molecule has 0 radical (unpaired) electrons. The van der Waals surface area contributed by atoms with Crippen LogP contribution in [0.4, 0.5) is 0 Å². The summed E-state index contributed by atoms with van der Waals surface area (Å²) in [4.78, 5) is 0. The molecule has 0 aliphatic heterocycles. The predicted octanol–water partition coefficient (Wildman–Crippen LogP) is 1.33. The molecule has 1 saturated carbocycles. The summed E-state index contributed by atoms with van der Waals surface area (Å²) in [7, 11) is -3.46. The van der Waals surface area contributed by atoms with Crippen molar-refractivity contribution in [3.63, 3.8) is 0 Å². The maximum atomic E-state index is 12.8. The standard InChI is InChI=1S/C13H24N4O2S/c1-3-7-17(10-11-5-6-11)20(18,19)13-12(8-14-4-2)9-15-16-13/h9,11,14H,3-8,10H2,1-2H3,(H,15,16). The van der Waals surface area contributed by atoms with Gasteiger partial charge in [0.25, 0.3) is 10.0 Å². The summed E-state index contributed by atoms with van der Waals surface area (Å²) in [6.45, 7) is 6.51. The average Bonchev–Trinajstić information content (AvgIpc) is 3.10. The number of H-pyrrole nitrogens is 1. The van der Waals surface area contributed by atoms with Crippen LogP contribution in [0.2, 0.25) is 0 Å². The third-order valence-corrected chi connectivity index (χ3v) is 5.35. The Kier molecular flexibility index (Phi) is 5.17. The maximum Gasteiger partial charge on any atom is 0.260 e. The van der Waals surface area contributed by atoms with Crippen LogP contribution in [0.25, 0.3) is 0 Å². The molecule has 1 aliphatic carbocycles. The molecule has 1 aliphatic rings. The first-order valence-corrected chi connectivity index (χ1v) is 8.76. The molecule has 1 fully saturated rings. The molecule has 0 spiro atoms. The second-order valence-corrected chi connectivity index (χ2v) is 7.19. The number of hydrogen-bond acceptors (Lipinski definition) is 4. The van der Waals surface area contributed by atoms with Crippen LogP contribution in [-0.2, 0) is 16.6 Å². The Hall–Kier alpha value is -0.920. The van der Waals surface area contributed by atoms with E-state index in [9.17, 15) is 8.42 Å². The topological polar surface area (TPSA) is 78.1 Å². The molecule has 7 heteroatoms. The lowest BCUT2D eigenvalue weighted by Gasteiger charge is -2.21. The lowest BCUT2D eigenvalue weighted by molar-refractivity contribution is 0.393. The Balaban J connectivity index is 2.19. The number of nitrogens with zero attached hydrogens (tertiary/aromatic N) is 2. The number of hydrogen-bond donors (Lipinski definition) is 2. The smallest absolute Gasteiger partial charge is 0.260 e. The van der Waals surface area contributed by atoms with Crippen LogP contribution in [0, 0.1) is 5.92 Å². The second-order valence-electron chi connectivity index (χ2n) is 5.31. The first kappa shape index (κ1) is 15.5. The van der Waals surface area contributed by atoms with E-state index >= 15 is 0 Å². The van der Waals surface area contributed by atoms with Crippen molar-refractivity contribution in [2.45, 2.75) is 44.7 Å². The molecule has 1 aromatic rings. The molecular formula is C13H24N4O2S. The summed E-state index contributed by atoms with van der Waals surface area (Å²) < 4.78 is 27.1. The Labute approximate surface area is 121 Å². The summed E-state index contributed by atoms with van der Waals surface area (Å²) in [6.07, 6.45) is 4.70. The van der Waals surface area contributed by atoms with Gasteiger partial charge in [0.2, 0.25) is 0 Å². The Bertz CT molecular complexity index is 522. The Morgan fingerprint density at radius 1 is 1.45 bits per heavy atom. The molecule has 1 heterocycles. The van der Waals surface area contributed by atoms with Crippen LogP contribution in [0.15, 0.2) is 11.2 Å². The van der Waals surface area contributed by atoms with Crippen molar-refractivity contribution >= 4 is 10.0 Å². The zero-order valence-electron chi connectivity index (χ0n) is 12.2. The van der Waals surface area contributed by atoms with E-state index in [0.717, 1.165) is 25.8 Å². The van der Waals surface area contributed by atoms with E-state index in [0.29, 0.717) is 31.1 Å². The van der Waals surface area contributed by atoms with E-state index in [1.165, 1.54) is 0 Å². The van der Waals surface area contributed by atoms with Gasteiger partial charge in [0.15, 0.2) is 5.03 Å².